The third-order valence-corrected chi connectivity index (χ3v) is 5.32. The van der Waals surface area contributed by atoms with Gasteiger partial charge in [-0.05, 0) is 24.3 Å². The van der Waals surface area contributed by atoms with Crippen LogP contribution in [-0.2, 0) is 28.4 Å². The maximum absolute atomic E-state index is 12.7. The number of ether oxygens (including phenoxy) is 1. The van der Waals surface area contributed by atoms with Gasteiger partial charge in [0.2, 0.25) is 10.0 Å². The summed E-state index contributed by atoms with van der Waals surface area (Å²) in [4.78, 5) is 11.6. The molecule has 0 aliphatic carbocycles. The first-order chi connectivity index (χ1) is 10.9. The Bertz CT molecular complexity index is 781. The van der Waals surface area contributed by atoms with E-state index in [9.17, 15) is 13.2 Å². The molecule has 0 aliphatic rings. The van der Waals surface area contributed by atoms with Gasteiger partial charge in [0.25, 0.3) is 0 Å². The van der Waals surface area contributed by atoms with Crippen molar-refractivity contribution in [3.8, 4) is 0 Å². The van der Waals surface area contributed by atoms with Crippen LogP contribution in [0.1, 0.15) is 22.8 Å². The van der Waals surface area contributed by atoms with Gasteiger partial charge < -0.3 is 4.74 Å². The van der Waals surface area contributed by atoms with Gasteiger partial charge in [-0.1, -0.05) is 6.92 Å². The summed E-state index contributed by atoms with van der Waals surface area (Å²) < 4.78 is 33.0. The van der Waals surface area contributed by atoms with Crippen molar-refractivity contribution in [2.24, 2.45) is 7.05 Å². The van der Waals surface area contributed by atoms with Crippen molar-refractivity contribution in [3.63, 3.8) is 0 Å². The molecule has 0 radical (unpaired) electrons. The summed E-state index contributed by atoms with van der Waals surface area (Å²) >= 11 is 0. The quantitative estimate of drug-likeness (QED) is 0.745. The number of aryl methyl sites for hydroxylation is 1. The van der Waals surface area contributed by atoms with Crippen LogP contribution in [0, 0.1) is 0 Å². The fraction of sp³-hybridized carbons (Fsp3) is 0.333. The molecule has 124 valence electrons. The molecule has 23 heavy (non-hydrogen) atoms. The SMILES string of the molecule is CCN(Cc1cnn(C)c1)S(=O)(=O)c1ccc(C(=O)OC)cc1. The number of esters is 1. The zero-order chi connectivity index (χ0) is 17.0. The predicted octanol–water partition coefficient (Wildman–Crippen LogP) is 1.42. The molecule has 2 aromatic rings. The van der Waals surface area contributed by atoms with E-state index in [1.807, 2.05) is 0 Å². The standard InChI is InChI=1S/C15H19N3O4S/c1-4-18(11-12-9-16-17(2)10-12)23(20,21)14-7-5-13(6-8-14)15(19)22-3/h5-10H,4,11H2,1-3H3. The van der Waals surface area contributed by atoms with Crippen LogP contribution < -0.4 is 0 Å². The number of carbonyl (C=O) groups excluding carboxylic acids is 1. The number of methoxy groups -OCH3 is 1. The molecule has 0 aliphatic heterocycles. The molecule has 7 nitrogen and oxygen atoms in total. The molecule has 0 spiro atoms. The van der Waals surface area contributed by atoms with E-state index in [1.54, 1.807) is 31.0 Å². The van der Waals surface area contributed by atoms with Crippen molar-refractivity contribution in [3.05, 3.63) is 47.8 Å². The lowest BCUT2D eigenvalue weighted by Crippen LogP contribution is -2.30. The second-order valence-corrected chi connectivity index (χ2v) is 6.91. The largest absolute Gasteiger partial charge is 0.465 e. The first-order valence-electron chi connectivity index (χ1n) is 7.04. The van der Waals surface area contributed by atoms with Gasteiger partial charge in [0, 0.05) is 31.9 Å². The lowest BCUT2D eigenvalue weighted by Gasteiger charge is -2.20. The minimum Gasteiger partial charge on any atom is -0.465 e. The Morgan fingerprint density at radius 1 is 1.30 bits per heavy atom. The van der Waals surface area contributed by atoms with Crippen LogP contribution in [0.25, 0.3) is 0 Å². The number of hydrogen-bond acceptors (Lipinski definition) is 5. The van der Waals surface area contributed by atoms with Crippen LogP contribution in [0.5, 0.6) is 0 Å². The molecule has 0 saturated carbocycles. The molecule has 1 heterocycles. The molecule has 0 unspecified atom stereocenters. The minimum absolute atomic E-state index is 0.135. The number of benzene rings is 1. The first-order valence-corrected chi connectivity index (χ1v) is 8.48. The third-order valence-electron chi connectivity index (χ3n) is 3.38. The van der Waals surface area contributed by atoms with Gasteiger partial charge in [-0.2, -0.15) is 9.40 Å². The Morgan fingerprint density at radius 3 is 2.43 bits per heavy atom. The Kier molecular flexibility index (Phi) is 5.17. The summed E-state index contributed by atoms with van der Waals surface area (Å²) in [6.07, 6.45) is 3.41. The van der Waals surface area contributed by atoms with Gasteiger partial charge in [0.05, 0.1) is 23.8 Å². The topological polar surface area (TPSA) is 81.5 Å². The highest BCUT2D eigenvalue weighted by Crippen LogP contribution is 2.19. The van der Waals surface area contributed by atoms with Crippen LogP contribution in [-0.4, -0.2) is 42.1 Å². The highest BCUT2D eigenvalue weighted by atomic mass is 32.2. The fourth-order valence-corrected chi connectivity index (χ4v) is 3.59. The lowest BCUT2D eigenvalue weighted by atomic mass is 10.2. The number of hydrogen-bond donors (Lipinski definition) is 0. The molecule has 0 bridgehead atoms. The van der Waals surface area contributed by atoms with Crippen molar-refractivity contribution in [1.29, 1.82) is 0 Å². The Balaban J connectivity index is 2.25. The van der Waals surface area contributed by atoms with Crippen LogP contribution in [0.4, 0.5) is 0 Å². The first kappa shape index (κ1) is 17.2. The lowest BCUT2D eigenvalue weighted by molar-refractivity contribution is 0.0600. The molecule has 0 atom stereocenters. The molecular formula is C15H19N3O4S. The van der Waals surface area contributed by atoms with Gasteiger partial charge in [-0.3, -0.25) is 4.68 Å². The number of nitrogens with zero attached hydrogens (tertiary/aromatic N) is 3. The van der Waals surface area contributed by atoms with Crippen LogP contribution in [0.3, 0.4) is 0 Å². The normalized spacial score (nSPS) is 11.7. The average molecular weight is 337 g/mol. The highest BCUT2D eigenvalue weighted by Gasteiger charge is 2.24. The van der Waals surface area contributed by atoms with Crippen LogP contribution in [0.15, 0.2) is 41.6 Å². The molecule has 1 aromatic heterocycles. The van der Waals surface area contributed by atoms with Crippen molar-refractivity contribution in [2.45, 2.75) is 18.4 Å². The molecule has 0 N–H and O–H groups in total. The predicted molar refractivity (Wildman–Crippen MR) is 84.3 cm³/mol. The zero-order valence-electron chi connectivity index (χ0n) is 13.3. The molecular weight excluding hydrogens is 318 g/mol. The van der Waals surface area contributed by atoms with Crippen molar-refractivity contribution >= 4 is 16.0 Å². The van der Waals surface area contributed by atoms with Gasteiger partial charge in [-0.25, -0.2) is 13.2 Å². The van der Waals surface area contributed by atoms with E-state index in [0.29, 0.717) is 12.1 Å². The molecule has 8 heteroatoms. The van der Waals surface area contributed by atoms with Crippen molar-refractivity contribution in [2.75, 3.05) is 13.7 Å². The van der Waals surface area contributed by atoms with Gasteiger partial charge >= 0.3 is 5.97 Å². The maximum atomic E-state index is 12.7. The summed E-state index contributed by atoms with van der Waals surface area (Å²) in [7, 11) is -0.590. The van der Waals surface area contributed by atoms with Crippen molar-refractivity contribution in [1.82, 2.24) is 14.1 Å². The Labute approximate surface area is 135 Å². The fourth-order valence-electron chi connectivity index (χ4n) is 2.15. The molecule has 0 saturated heterocycles. The van der Waals surface area contributed by atoms with Gasteiger partial charge in [-0.15, -0.1) is 0 Å². The molecule has 2 rings (SSSR count). The second kappa shape index (κ2) is 6.93. The number of aromatic nitrogens is 2. The average Bonchev–Trinajstić information content (AvgIpc) is 2.97. The van der Waals surface area contributed by atoms with E-state index in [1.165, 1.54) is 35.7 Å². The summed E-state index contributed by atoms with van der Waals surface area (Å²) in [6.45, 7) is 2.35. The van der Waals surface area contributed by atoms with E-state index < -0.39 is 16.0 Å². The van der Waals surface area contributed by atoms with Gasteiger partial charge in [0.1, 0.15) is 0 Å². The monoisotopic (exact) mass is 337 g/mol. The Hall–Kier alpha value is -2.19. The second-order valence-electron chi connectivity index (χ2n) is 4.97. The van der Waals surface area contributed by atoms with Crippen molar-refractivity contribution < 1.29 is 17.9 Å². The van der Waals surface area contributed by atoms with E-state index in [2.05, 4.69) is 9.84 Å². The molecule has 0 amide bonds. The zero-order valence-corrected chi connectivity index (χ0v) is 14.1. The Morgan fingerprint density at radius 2 is 1.96 bits per heavy atom. The summed E-state index contributed by atoms with van der Waals surface area (Å²) in [5.74, 6) is -0.503. The van der Waals surface area contributed by atoms with E-state index in [4.69, 9.17) is 0 Å². The molecule has 1 aromatic carbocycles. The summed E-state index contributed by atoms with van der Waals surface area (Å²) in [6, 6.07) is 5.70. The number of rotatable bonds is 6. The number of carbonyl (C=O) groups is 1. The van der Waals surface area contributed by atoms with Crippen LogP contribution in [0.2, 0.25) is 0 Å². The van der Waals surface area contributed by atoms with E-state index >= 15 is 0 Å². The van der Waals surface area contributed by atoms with Gasteiger partial charge in [0.15, 0.2) is 0 Å². The smallest absolute Gasteiger partial charge is 0.337 e. The van der Waals surface area contributed by atoms with E-state index in [-0.39, 0.29) is 11.4 Å². The summed E-state index contributed by atoms with van der Waals surface area (Å²) in [5.41, 5.74) is 1.12. The third kappa shape index (κ3) is 3.77. The van der Waals surface area contributed by atoms with E-state index in [0.717, 1.165) is 5.56 Å². The molecule has 0 fully saturated rings. The van der Waals surface area contributed by atoms with Crippen LogP contribution >= 0.6 is 0 Å². The minimum atomic E-state index is -3.65. The maximum Gasteiger partial charge on any atom is 0.337 e. The highest BCUT2D eigenvalue weighted by molar-refractivity contribution is 7.89. The summed E-state index contributed by atoms with van der Waals surface area (Å²) in [5, 5.41) is 4.04. The number of sulfonamides is 1.